The molecule has 0 atom stereocenters. The van der Waals surface area contributed by atoms with Crippen molar-refractivity contribution in [3.8, 4) is 0 Å². The lowest BCUT2D eigenvalue weighted by Crippen LogP contribution is -2.47. The Labute approximate surface area is 116 Å². The Bertz CT molecular complexity index is 523. The monoisotopic (exact) mass is 281 g/mol. The van der Waals surface area contributed by atoms with E-state index in [1.807, 2.05) is 6.92 Å². The van der Waals surface area contributed by atoms with Gasteiger partial charge in [0.1, 0.15) is 0 Å². The van der Waals surface area contributed by atoms with Gasteiger partial charge < -0.3 is 10.4 Å². The second kappa shape index (κ2) is 5.21. The first kappa shape index (κ1) is 13.9. The Morgan fingerprint density at radius 2 is 2.11 bits per heavy atom. The Balaban J connectivity index is 2.01. The molecular weight excluding hydrogens is 266 g/mol. The number of aliphatic carboxylic acids is 1. The van der Waals surface area contributed by atoms with E-state index < -0.39 is 11.4 Å². The zero-order chi connectivity index (χ0) is 14.0. The number of hydrogen-bond acceptors (Lipinski definition) is 2. The van der Waals surface area contributed by atoms with Crippen LogP contribution in [0, 0.1) is 12.3 Å². The lowest BCUT2D eigenvalue weighted by atomic mass is 9.69. The van der Waals surface area contributed by atoms with Crippen LogP contribution in [-0.2, 0) is 4.79 Å². The van der Waals surface area contributed by atoms with Crippen molar-refractivity contribution < 1.29 is 14.7 Å². The SMILES string of the molecule is Cc1cc(C(=O)NCC2(C(=O)O)CCC2)ccc1Cl. The lowest BCUT2D eigenvalue weighted by Gasteiger charge is -2.37. The van der Waals surface area contributed by atoms with Crippen LogP contribution in [0.3, 0.4) is 0 Å². The fraction of sp³-hybridized carbons (Fsp3) is 0.429. The van der Waals surface area contributed by atoms with E-state index >= 15 is 0 Å². The number of carboxylic acids is 1. The molecule has 1 aliphatic rings. The number of nitrogens with one attached hydrogen (secondary N) is 1. The highest BCUT2D eigenvalue weighted by Crippen LogP contribution is 2.40. The van der Waals surface area contributed by atoms with Crippen LogP contribution >= 0.6 is 11.6 Å². The molecule has 102 valence electrons. The summed E-state index contributed by atoms with van der Waals surface area (Å²) in [5.74, 6) is -1.08. The predicted molar refractivity (Wildman–Crippen MR) is 72.4 cm³/mol. The van der Waals surface area contributed by atoms with E-state index in [2.05, 4.69) is 5.32 Å². The fourth-order valence-corrected chi connectivity index (χ4v) is 2.32. The van der Waals surface area contributed by atoms with Gasteiger partial charge in [-0.2, -0.15) is 0 Å². The summed E-state index contributed by atoms with van der Waals surface area (Å²) in [5.41, 5.74) is 0.560. The van der Waals surface area contributed by atoms with E-state index in [0.717, 1.165) is 12.0 Å². The van der Waals surface area contributed by atoms with Gasteiger partial charge in [0.2, 0.25) is 0 Å². The highest BCUT2D eigenvalue weighted by Gasteiger charge is 2.44. The van der Waals surface area contributed by atoms with Crippen molar-refractivity contribution in [2.24, 2.45) is 5.41 Å². The molecule has 2 N–H and O–H groups in total. The lowest BCUT2D eigenvalue weighted by molar-refractivity contribution is -0.153. The average Bonchev–Trinajstić information content (AvgIpc) is 2.30. The zero-order valence-electron chi connectivity index (χ0n) is 10.7. The molecular formula is C14H16ClNO3. The Hall–Kier alpha value is -1.55. The molecule has 5 heteroatoms. The third kappa shape index (κ3) is 2.73. The third-order valence-corrected chi connectivity index (χ3v) is 4.20. The second-order valence-corrected chi connectivity index (χ2v) is 5.49. The van der Waals surface area contributed by atoms with Crippen LogP contribution < -0.4 is 5.32 Å². The molecule has 0 bridgehead atoms. The van der Waals surface area contributed by atoms with E-state index in [0.29, 0.717) is 23.4 Å². The van der Waals surface area contributed by atoms with Crippen molar-refractivity contribution in [1.82, 2.24) is 5.32 Å². The fourth-order valence-electron chi connectivity index (χ4n) is 2.21. The maximum atomic E-state index is 12.0. The highest BCUT2D eigenvalue weighted by atomic mass is 35.5. The van der Waals surface area contributed by atoms with Crippen molar-refractivity contribution in [2.75, 3.05) is 6.54 Å². The number of hydrogen-bond donors (Lipinski definition) is 2. The molecule has 1 aromatic rings. The summed E-state index contributed by atoms with van der Waals surface area (Å²) in [6.45, 7) is 2.01. The number of carboxylic acid groups (broad SMARTS) is 1. The van der Waals surface area contributed by atoms with Crippen LogP contribution in [0.5, 0.6) is 0 Å². The predicted octanol–water partition coefficient (Wildman–Crippen LogP) is 2.63. The van der Waals surface area contributed by atoms with Crippen LogP contribution in [0.2, 0.25) is 5.02 Å². The summed E-state index contributed by atoms with van der Waals surface area (Å²) in [6.07, 6.45) is 2.16. The van der Waals surface area contributed by atoms with Crippen molar-refractivity contribution >= 4 is 23.5 Å². The molecule has 4 nitrogen and oxygen atoms in total. The van der Waals surface area contributed by atoms with Crippen LogP contribution in [0.15, 0.2) is 18.2 Å². The summed E-state index contributed by atoms with van der Waals surface area (Å²) in [4.78, 5) is 23.2. The minimum absolute atomic E-state index is 0.183. The molecule has 0 spiro atoms. The van der Waals surface area contributed by atoms with E-state index in [-0.39, 0.29) is 12.5 Å². The summed E-state index contributed by atoms with van der Waals surface area (Å²) in [6, 6.07) is 5.01. The van der Waals surface area contributed by atoms with Gasteiger partial charge in [-0.3, -0.25) is 9.59 Å². The van der Waals surface area contributed by atoms with Gasteiger partial charge >= 0.3 is 5.97 Å². The third-order valence-electron chi connectivity index (χ3n) is 3.77. The molecule has 0 saturated heterocycles. The molecule has 0 aromatic heterocycles. The Morgan fingerprint density at radius 3 is 2.58 bits per heavy atom. The normalized spacial score (nSPS) is 16.5. The molecule has 0 heterocycles. The molecule has 0 unspecified atom stereocenters. The molecule has 1 fully saturated rings. The van der Waals surface area contributed by atoms with Crippen molar-refractivity contribution in [1.29, 1.82) is 0 Å². The highest BCUT2D eigenvalue weighted by molar-refractivity contribution is 6.31. The molecule has 0 radical (unpaired) electrons. The van der Waals surface area contributed by atoms with E-state index in [4.69, 9.17) is 11.6 Å². The molecule has 1 saturated carbocycles. The van der Waals surface area contributed by atoms with E-state index in [1.54, 1.807) is 18.2 Å². The van der Waals surface area contributed by atoms with Crippen LogP contribution in [-0.4, -0.2) is 23.5 Å². The maximum absolute atomic E-state index is 12.0. The minimum atomic E-state index is -0.827. The Kier molecular flexibility index (Phi) is 3.80. The first-order valence-electron chi connectivity index (χ1n) is 6.22. The van der Waals surface area contributed by atoms with E-state index in [1.165, 1.54) is 0 Å². The molecule has 1 amide bonds. The van der Waals surface area contributed by atoms with Gasteiger partial charge in [0.25, 0.3) is 5.91 Å². The quantitative estimate of drug-likeness (QED) is 0.891. The maximum Gasteiger partial charge on any atom is 0.311 e. The number of halogens is 1. The molecule has 1 aromatic carbocycles. The topological polar surface area (TPSA) is 66.4 Å². The van der Waals surface area contributed by atoms with E-state index in [9.17, 15) is 14.7 Å². The van der Waals surface area contributed by atoms with Crippen molar-refractivity contribution in [3.63, 3.8) is 0 Å². The largest absolute Gasteiger partial charge is 0.481 e. The molecule has 0 aliphatic heterocycles. The van der Waals surface area contributed by atoms with Gasteiger partial charge in [0.05, 0.1) is 5.41 Å². The van der Waals surface area contributed by atoms with Gasteiger partial charge in [-0.25, -0.2) is 0 Å². The standard InChI is InChI=1S/C14H16ClNO3/c1-9-7-10(3-4-11(9)15)12(17)16-8-14(13(18)19)5-2-6-14/h3-4,7H,2,5-6,8H2,1H3,(H,16,17)(H,18,19). The number of amides is 1. The van der Waals surface area contributed by atoms with Gasteiger partial charge in [0.15, 0.2) is 0 Å². The summed E-state index contributed by atoms with van der Waals surface area (Å²) >= 11 is 5.90. The number of aryl methyl sites for hydroxylation is 1. The smallest absolute Gasteiger partial charge is 0.311 e. The Morgan fingerprint density at radius 1 is 1.42 bits per heavy atom. The first-order valence-corrected chi connectivity index (χ1v) is 6.60. The molecule has 1 aliphatic carbocycles. The molecule has 2 rings (SSSR count). The van der Waals surface area contributed by atoms with Crippen molar-refractivity contribution in [2.45, 2.75) is 26.2 Å². The van der Waals surface area contributed by atoms with Crippen molar-refractivity contribution in [3.05, 3.63) is 34.3 Å². The summed E-state index contributed by atoms with van der Waals surface area (Å²) in [5, 5.41) is 12.5. The number of benzene rings is 1. The van der Waals surface area contributed by atoms with Crippen LogP contribution in [0.1, 0.15) is 35.2 Å². The molecule has 19 heavy (non-hydrogen) atoms. The minimum Gasteiger partial charge on any atom is -0.481 e. The van der Waals surface area contributed by atoms with Crippen LogP contribution in [0.25, 0.3) is 0 Å². The zero-order valence-corrected chi connectivity index (χ0v) is 11.5. The number of carbonyl (C=O) groups excluding carboxylic acids is 1. The number of carbonyl (C=O) groups is 2. The van der Waals surface area contributed by atoms with Gasteiger partial charge in [-0.05, 0) is 43.5 Å². The second-order valence-electron chi connectivity index (χ2n) is 5.09. The van der Waals surface area contributed by atoms with Gasteiger partial charge in [0, 0.05) is 17.1 Å². The summed E-state index contributed by atoms with van der Waals surface area (Å²) in [7, 11) is 0. The van der Waals surface area contributed by atoms with Gasteiger partial charge in [-0.15, -0.1) is 0 Å². The number of rotatable bonds is 4. The van der Waals surface area contributed by atoms with Crippen LogP contribution in [0.4, 0.5) is 0 Å². The first-order chi connectivity index (χ1) is 8.94. The summed E-state index contributed by atoms with van der Waals surface area (Å²) < 4.78 is 0. The average molecular weight is 282 g/mol. The van der Waals surface area contributed by atoms with Gasteiger partial charge in [-0.1, -0.05) is 18.0 Å².